The predicted molar refractivity (Wildman–Crippen MR) is 106 cm³/mol. The van der Waals surface area contributed by atoms with Crippen LogP contribution in [-0.2, 0) is 16.1 Å². The largest absolute Gasteiger partial charge is 0.507 e. The van der Waals surface area contributed by atoms with Gasteiger partial charge in [-0.3, -0.25) is 9.59 Å². The van der Waals surface area contributed by atoms with Gasteiger partial charge in [-0.1, -0.05) is 24.3 Å². The monoisotopic (exact) mass is 407 g/mol. The van der Waals surface area contributed by atoms with Gasteiger partial charge < -0.3 is 19.2 Å². The molecule has 3 aromatic rings. The topological polar surface area (TPSA) is 80.0 Å². The highest BCUT2D eigenvalue weighted by Crippen LogP contribution is 2.40. The first-order valence-corrected chi connectivity index (χ1v) is 9.20. The van der Waals surface area contributed by atoms with Crippen LogP contribution in [0.5, 0.6) is 5.75 Å². The van der Waals surface area contributed by atoms with Crippen molar-refractivity contribution >= 4 is 17.4 Å². The summed E-state index contributed by atoms with van der Waals surface area (Å²) < 4.78 is 24.0. The summed E-state index contributed by atoms with van der Waals surface area (Å²) >= 11 is 0. The number of benzene rings is 2. The van der Waals surface area contributed by atoms with Crippen molar-refractivity contribution in [2.24, 2.45) is 0 Å². The number of hydrogen-bond acceptors (Lipinski definition) is 5. The number of methoxy groups -OCH3 is 1. The van der Waals surface area contributed by atoms with E-state index in [1.54, 1.807) is 36.4 Å². The normalized spacial score (nSPS) is 18.1. The predicted octanol–water partition coefficient (Wildman–Crippen LogP) is 4.05. The van der Waals surface area contributed by atoms with Gasteiger partial charge in [0.25, 0.3) is 11.7 Å². The van der Waals surface area contributed by atoms with Gasteiger partial charge in [0.1, 0.15) is 23.1 Å². The van der Waals surface area contributed by atoms with Gasteiger partial charge in [0.05, 0.1) is 31.5 Å². The van der Waals surface area contributed by atoms with Crippen molar-refractivity contribution < 1.29 is 28.2 Å². The highest BCUT2D eigenvalue weighted by molar-refractivity contribution is 6.46. The molecule has 1 unspecified atom stereocenters. The minimum absolute atomic E-state index is 0.0223. The molecule has 1 aliphatic rings. The quantitative estimate of drug-likeness (QED) is 0.392. The van der Waals surface area contributed by atoms with Crippen LogP contribution >= 0.6 is 0 Å². The van der Waals surface area contributed by atoms with Crippen molar-refractivity contribution in [1.29, 1.82) is 0 Å². The number of carbonyl (C=O) groups excluding carboxylic acids is 2. The summed E-state index contributed by atoms with van der Waals surface area (Å²) in [5.74, 6) is -1.41. The Labute approximate surface area is 171 Å². The number of rotatable bonds is 5. The number of halogens is 1. The van der Waals surface area contributed by atoms with E-state index in [2.05, 4.69) is 0 Å². The number of ether oxygens (including phenoxy) is 1. The lowest BCUT2D eigenvalue weighted by molar-refractivity contribution is -0.140. The first kappa shape index (κ1) is 19.4. The molecule has 152 valence electrons. The minimum atomic E-state index is -0.901. The number of likely N-dealkylation sites (tertiary alicyclic amines) is 1. The molecule has 30 heavy (non-hydrogen) atoms. The van der Waals surface area contributed by atoms with Crippen LogP contribution < -0.4 is 4.74 Å². The van der Waals surface area contributed by atoms with Crippen LogP contribution in [0.3, 0.4) is 0 Å². The molecule has 7 heteroatoms. The van der Waals surface area contributed by atoms with Crippen LogP contribution in [0.2, 0.25) is 0 Å². The van der Waals surface area contributed by atoms with Crippen molar-refractivity contribution in [1.82, 2.24) is 4.90 Å². The zero-order valence-corrected chi connectivity index (χ0v) is 16.0. The lowest BCUT2D eigenvalue weighted by Gasteiger charge is -2.24. The Morgan fingerprint density at radius 2 is 1.90 bits per heavy atom. The van der Waals surface area contributed by atoms with Gasteiger partial charge in [0.2, 0.25) is 0 Å². The van der Waals surface area contributed by atoms with E-state index < -0.39 is 23.5 Å². The second kappa shape index (κ2) is 7.87. The average molecular weight is 407 g/mol. The van der Waals surface area contributed by atoms with E-state index in [-0.39, 0.29) is 17.9 Å². The summed E-state index contributed by atoms with van der Waals surface area (Å²) in [4.78, 5) is 27.1. The first-order chi connectivity index (χ1) is 14.5. The van der Waals surface area contributed by atoms with Gasteiger partial charge in [-0.25, -0.2) is 4.39 Å². The molecular weight excluding hydrogens is 389 g/mol. The van der Waals surface area contributed by atoms with Gasteiger partial charge in [0.15, 0.2) is 0 Å². The number of hydrogen-bond donors (Lipinski definition) is 1. The maximum Gasteiger partial charge on any atom is 0.296 e. The van der Waals surface area contributed by atoms with E-state index in [0.717, 1.165) is 0 Å². The number of ketones is 1. The second-order valence-corrected chi connectivity index (χ2v) is 6.79. The number of amides is 1. The molecule has 0 saturated carbocycles. The lowest BCUT2D eigenvalue weighted by atomic mass is 9.95. The fourth-order valence-electron chi connectivity index (χ4n) is 3.53. The third-order valence-corrected chi connectivity index (χ3v) is 4.98. The number of nitrogens with zero attached hydrogens (tertiary/aromatic N) is 1. The Balaban J connectivity index is 1.86. The standard InChI is InChI=1S/C23H18FNO5/c1-29-17-5-2-4-15(12-17)21(26)19-20(14-7-9-16(24)10-8-14)25(23(28)22(19)27)13-18-6-3-11-30-18/h2-12,20,26H,13H2,1H3/b21-19+. The molecule has 0 radical (unpaired) electrons. The molecule has 4 rings (SSSR count). The number of carbonyl (C=O) groups is 2. The van der Waals surface area contributed by atoms with Gasteiger partial charge in [-0.2, -0.15) is 0 Å². The third kappa shape index (κ3) is 3.45. The SMILES string of the molecule is COc1cccc(/C(O)=C2\C(=O)C(=O)N(Cc3ccco3)C2c2ccc(F)cc2)c1. The minimum Gasteiger partial charge on any atom is -0.507 e. The zero-order valence-electron chi connectivity index (χ0n) is 16.0. The highest BCUT2D eigenvalue weighted by Gasteiger charge is 2.46. The number of Topliss-reactive ketones (excluding diaryl/α,β-unsaturated/α-hetero) is 1. The Morgan fingerprint density at radius 1 is 1.13 bits per heavy atom. The molecule has 1 fully saturated rings. The summed E-state index contributed by atoms with van der Waals surface area (Å²) in [6.45, 7) is 0.0223. The van der Waals surface area contributed by atoms with Gasteiger partial charge in [-0.05, 0) is 42.0 Å². The van der Waals surface area contributed by atoms with E-state index in [1.165, 1.54) is 42.5 Å². The Kier molecular flexibility index (Phi) is 5.10. The summed E-state index contributed by atoms with van der Waals surface area (Å²) in [6.07, 6.45) is 1.47. The Bertz CT molecular complexity index is 1120. The Morgan fingerprint density at radius 3 is 2.57 bits per heavy atom. The molecule has 1 aromatic heterocycles. The Hall–Kier alpha value is -3.87. The van der Waals surface area contributed by atoms with Crippen molar-refractivity contribution in [2.75, 3.05) is 7.11 Å². The van der Waals surface area contributed by atoms with Crippen molar-refractivity contribution in [3.05, 3.63) is 95.2 Å². The van der Waals surface area contributed by atoms with Crippen LogP contribution in [0.25, 0.3) is 5.76 Å². The molecule has 0 aliphatic carbocycles. The second-order valence-electron chi connectivity index (χ2n) is 6.79. The van der Waals surface area contributed by atoms with Crippen LogP contribution in [0, 0.1) is 5.82 Å². The van der Waals surface area contributed by atoms with Crippen molar-refractivity contribution in [3.63, 3.8) is 0 Å². The van der Waals surface area contributed by atoms with Gasteiger partial charge >= 0.3 is 0 Å². The number of aliphatic hydroxyl groups excluding tert-OH is 1. The molecule has 1 saturated heterocycles. The molecule has 6 nitrogen and oxygen atoms in total. The molecule has 2 heterocycles. The average Bonchev–Trinajstić information content (AvgIpc) is 3.36. The smallest absolute Gasteiger partial charge is 0.296 e. The maximum atomic E-state index is 13.5. The molecule has 2 aromatic carbocycles. The third-order valence-electron chi connectivity index (χ3n) is 4.98. The van der Waals surface area contributed by atoms with E-state index in [1.807, 2.05) is 0 Å². The van der Waals surface area contributed by atoms with Crippen LogP contribution in [0.1, 0.15) is 22.9 Å². The molecule has 1 amide bonds. The molecule has 0 spiro atoms. The number of furan rings is 1. The molecular formula is C23H18FNO5. The highest BCUT2D eigenvalue weighted by atomic mass is 19.1. The lowest BCUT2D eigenvalue weighted by Crippen LogP contribution is -2.29. The van der Waals surface area contributed by atoms with E-state index in [0.29, 0.717) is 22.6 Å². The number of aliphatic hydroxyl groups is 1. The summed E-state index contributed by atoms with van der Waals surface area (Å²) in [6, 6.07) is 14.5. The van der Waals surface area contributed by atoms with E-state index in [9.17, 15) is 19.1 Å². The molecule has 0 bridgehead atoms. The fourth-order valence-corrected chi connectivity index (χ4v) is 3.53. The van der Waals surface area contributed by atoms with Crippen molar-refractivity contribution in [2.45, 2.75) is 12.6 Å². The van der Waals surface area contributed by atoms with Crippen molar-refractivity contribution in [3.8, 4) is 5.75 Å². The van der Waals surface area contributed by atoms with E-state index in [4.69, 9.17) is 9.15 Å². The molecule has 1 aliphatic heterocycles. The van der Waals surface area contributed by atoms with Gasteiger partial charge in [-0.15, -0.1) is 0 Å². The molecule has 1 atom stereocenters. The fraction of sp³-hybridized carbons (Fsp3) is 0.130. The zero-order chi connectivity index (χ0) is 21.3. The summed E-state index contributed by atoms with van der Waals surface area (Å²) in [7, 11) is 1.49. The van der Waals surface area contributed by atoms with Crippen LogP contribution in [0.15, 0.2) is 76.9 Å². The summed E-state index contributed by atoms with van der Waals surface area (Å²) in [5, 5.41) is 11.0. The molecule has 1 N–H and O–H groups in total. The van der Waals surface area contributed by atoms with Crippen LogP contribution in [0.4, 0.5) is 4.39 Å². The summed E-state index contributed by atoms with van der Waals surface area (Å²) in [5.41, 5.74) is 0.746. The maximum absolute atomic E-state index is 13.5. The first-order valence-electron chi connectivity index (χ1n) is 9.20. The van der Waals surface area contributed by atoms with Crippen LogP contribution in [-0.4, -0.2) is 28.8 Å². The van der Waals surface area contributed by atoms with Gasteiger partial charge in [0, 0.05) is 5.56 Å². The van der Waals surface area contributed by atoms with E-state index >= 15 is 0 Å².